The monoisotopic (exact) mass is 347 g/mol. The zero-order valence-electron chi connectivity index (χ0n) is 13.0. The smallest absolute Gasteiger partial charge is 0.416 e. The van der Waals surface area contributed by atoms with Crippen molar-refractivity contribution < 1.29 is 37.0 Å². The Kier molecular flexibility index (Phi) is 6.75. The van der Waals surface area contributed by atoms with Crippen molar-refractivity contribution >= 4 is 17.8 Å². The summed E-state index contributed by atoms with van der Waals surface area (Å²) in [5.41, 5.74) is -0.507. The first-order chi connectivity index (χ1) is 11.2. The van der Waals surface area contributed by atoms with Crippen LogP contribution in [0, 0.1) is 0 Å². The molecule has 132 valence electrons. The molecule has 1 aromatic carbocycles. The summed E-state index contributed by atoms with van der Waals surface area (Å²) < 4.78 is 46.3. The van der Waals surface area contributed by atoms with Crippen LogP contribution in [0.25, 0.3) is 0 Å². The van der Waals surface area contributed by atoms with Gasteiger partial charge in [0.15, 0.2) is 0 Å². The van der Waals surface area contributed by atoms with E-state index in [0.29, 0.717) is 5.56 Å². The van der Waals surface area contributed by atoms with Gasteiger partial charge < -0.3 is 14.8 Å². The van der Waals surface area contributed by atoms with Crippen LogP contribution in [-0.4, -0.2) is 38.1 Å². The fourth-order valence-corrected chi connectivity index (χ4v) is 1.83. The van der Waals surface area contributed by atoms with Crippen LogP contribution in [0.4, 0.5) is 13.2 Å². The number of hydrogen-bond donors (Lipinski definition) is 1. The van der Waals surface area contributed by atoms with Crippen LogP contribution < -0.4 is 5.32 Å². The molecular formula is C15H16F3NO5. The van der Waals surface area contributed by atoms with Gasteiger partial charge in [-0.2, -0.15) is 13.2 Å². The van der Waals surface area contributed by atoms with Crippen LogP contribution >= 0.6 is 0 Å². The van der Waals surface area contributed by atoms with Crippen molar-refractivity contribution in [1.29, 1.82) is 0 Å². The number of carbonyl (C=O) groups excluding carboxylic acids is 3. The van der Waals surface area contributed by atoms with Crippen LogP contribution in [-0.2, 0) is 36.5 Å². The molecule has 0 aromatic heterocycles. The van der Waals surface area contributed by atoms with Gasteiger partial charge in [-0.15, -0.1) is 0 Å². The molecule has 0 unspecified atom stereocenters. The number of halogens is 3. The maximum atomic E-state index is 12.5. The van der Waals surface area contributed by atoms with Gasteiger partial charge in [0.1, 0.15) is 6.04 Å². The van der Waals surface area contributed by atoms with Crippen LogP contribution in [0.1, 0.15) is 17.5 Å². The molecule has 0 aliphatic rings. The maximum absolute atomic E-state index is 12.5. The lowest BCUT2D eigenvalue weighted by atomic mass is 10.1. The van der Waals surface area contributed by atoms with Gasteiger partial charge in [0.2, 0.25) is 5.91 Å². The molecule has 6 nitrogen and oxygen atoms in total. The zero-order chi connectivity index (χ0) is 18.3. The second-order valence-electron chi connectivity index (χ2n) is 4.79. The Balaban J connectivity index is 2.71. The fraction of sp³-hybridized carbons (Fsp3) is 0.400. The van der Waals surface area contributed by atoms with Crippen LogP contribution in [0.15, 0.2) is 24.3 Å². The van der Waals surface area contributed by atoms with Gasteiger partial charge in [-0.3, -0.25) is 9.59 Å². The lowest BCUT2D eigenvalue weighted by molar-refractivity contribution is -0.150. The van der Waals surface area contributed by atoms with Crippen LogP contribution in [0.5, 0.6) is 0 Å². The molecule has 9 heteroatoms. The molecule has 1 rings (SSSR count). The molecule has 0 aliphatic carbocycles. The SMILES string of the molecule is COC(=O)C[C@H](NC(=O)Cc1ccc(C(F)(F)F)cc1)C(=O)OC. The molecule has 0 bridgehead atoms. The standard InChI is InChI=1S/C15H16F3NO5/c1-23-13(21)8-11(14(22)24-2)19-12(20)7-9-3-5-10(6-4-9)15(16,17)18/h3-6,11H,7-8H2,1-2H3,(H,19,20)/t11-/m0/s1. The Hall–Kier alpha value is -2.58. The average Bonchev–Trinajstić information content (AvgIpc) is 2.52. The summed E-state index contributed by atoms with van der Waals surface area (Å²) in [5.74, 6) is -2.20. The van der Waals surface area contributed by atoms with Crippen molar-refractivity contribution in [2.24, 2.45) is 0 Å². The van der Waals surface area contributed by atoms with E-state index in [2.05, 4.69) is 14.8 Å². The normalized spacial score (nSPS) is 12.2. The Morgan fingerprint density at radius 2 is 1.67 bits per heavy atom. The number of hydrogen-bond acceptors (Lipinski definition) is 5. The van der Waals surface area contributed by atoms with Gasteiger partial charge in [0, 0.05) is 0 Å². The third-order valence-corrected chi connectivity index (χ3v) is 3.07. The van der Waals surface area contributed by atoms with Gasteiger partial charge in [-0.1, -0.05) is 12.1 Å². The highest BCUT2D eigenvalue weighted by molar-refractivity contribution is 5.88. The fourth-order valence-electron chi connectivity index (χ4n) is 1.83. The number of carbonyl (C=O) groups is 3. The van der Waals surface area contributed by atoms with E-state index in [-0.39, 0.29) is 6.42 Å². The molecule has 0 aliphatic heterocycles. The van der Waals surface area contributed by atoms with Crippen molar-refractivity contribution in [3.05, 3.63) is 35.4 Å². The minimum absolute atomic E-state index is 0.257. The van der Waals surface area contributed by atoms with Gasteiger partial charge in [-0.25, -0.2) is 4.79 Å². The summed E-state index contributed by atoms with van der Waals surface area (Å²) in [5, 5.41) is 2.29. The summed E-state index contributed by atoms with van der Waals surface area (Å²) in [4.78, 5) is 34.7. The number of esters is 2. The highest BCUT2D eigenvalue weighted by Gasteiger charge is 2.30. The summed E-state index contributed by atoms with van der Waals surface area (Å²) in [6, 6.07) is 2.81. The molecule has 0 radical (unpaired) electrons. The maximum Gasteiger partial charge on any atom is 0.416 e. The predicted octanol–water partition coefficient (Wildman–Crippen LogP) is 1.47. The number of alkyl halides is 3. The third kappa shape index (κ3) is 5.90. The predicted molar refractivity (Wildman–Crippen MR) is 75.7 cm³/mol. The number of benzene rings is 1. The summed E-state index contributed by atoms with van der Waals surface area (Å²) in [7, 11) is 2.22. The molecule has 0 saturated heterocycles. The second-order valence-corrected chi connectivity index (χ2v) is 4.79. The van der Waals surface area contributed by atoms with E-state index in [9.17, 15) is 27.6 Å². The third-order valence-electron chi connectivity index (χ3n) is 3.07. The first-order valence-electron chi connectivity index (χ1n) is 6.77. The molecule has 1 atom stereocenters. The highest BCUT2D eigenvalue weighted by atomic mass is 19.4. The lowest BCUT2D eigenvalue weighted by Gasteiger charge is -2.15. The van der Waals surface area contributed by atoms with Gasteiger partial charge in [0.05, 0.1) is 32.6 Å². The second kappa shape index (κ2) is 8.32. The number of amides is 1. The quantitative estimate of drug-likeness (QED) is 0.788. The van der Waals surface area contributed by atoms with E-state index in [1.165, 1.54) is 0 Å². The summed E-state index contributed by atoms with van der Waals surface area (Å²) >= 11 is 0. The first kappa shape index (κ1) is 19.5. The Bertz CT molecular complexity index is 598. The van der Waals surface area contributed by atoms with Gasteiger partial charge in [0.25, 0.3) is 0 Å². The van der Waals surface area contributed by atoms with Crippen molar-refractivity contribution in [1.82, 2.24) is 5.32 Å². The number of ether oxygens (including phenoxy) is 2. The lowest BCUT2D eigenvalue weighted by Crippen LogP contribution is -2.43. The summed E-state index contributed by atoms with van der Waals surface area (Å²) in [6.07, 6.45) is -5.13. The van der Waals surface area contributed by atoms with Crippen LogP contribution in [0.3, 0.4) is 0 Å². The number of methoxy groups -OCH3 is 2. The van der Waals surface area contributed by atoms with Crippen LogP contribution in [0.2, 0.25) is 0 Å². The molecule has 24 heavy (non-hydrogen) atoms. The number of rotatable bonds is 6. The summed E-state index contributed by atoms with van der Waals surface area (Å²) in [6.45, 7) is 0. The van der Waals surface area contributed by atoms with E-state index in [4.69, 9.17) is 0 Å². The minimum Gasteiger partial charge on any atom is -0.469 e. The molecule has 0 spiro atoms. The average molecular weight is 347 g/mol. The highest BCUT2D eigenvalue weighted by Crippen LogP contribution is 2.29. The molecule has 1 aromatic rings. The van der Waals surface area contributed by atoms with E-state index in [0.717, 1.165) is 38.5 Å². The zero-order valence-corrected chi connectivity index (χ0v) is 13.0. The Labute approximate surface area is 135 Å². The molecule has 0 heterocycles. The Morgan fingerprint density at radius 3 is 2.12 bits per heavy atom. The van der Waals surface area contributed by atoms with Gasteiger partial charge >= 0.3 is 18.1 Å². The molecule has 1 amide bonds. The van der Waals surface area contributed by atoms with Crippen molar-refractivity contribution in [2.75, 3.05) is 14.2 Å². The molecular weight excluding hydrogens is 331 g/mol. The van der Waals surface area contributed by atoms with Crippen molar-refractivity contribution in [3.8, 4) is 0 Å². The van der Waals surface area contributed by atoms with E-state index in [1.807, 2.05) is 0 Å². The molecule has 1 N–H and O–H groups in total. The first-order valence-corrected chi connectivity index (χ1v) is 6.77. The van der Waals surface area contributed by atoms with E-state index < -0.39 is 42.0 Å². The Morgan fingerprint density at radius 1 is 1.08 bits per heavy atom. The van der Waals surface area contributed by atoms with E-state index in [1.54, 1.807) is 0 Å². The van der Waals surface area contributed by atoms with Crippen molar-refractivity contribution in [2.45, 2.75) is 25.1 Å². The van der Waals surface area contributed by atoms with Crippen molar-refractivity contribution in [3.63, 3.8) is 0 Å². The largest absolute Gasteiger partial charge is 0.469 e. The topological polar surface area (TPSA) is 81.7 Å². The molecule has 0 saturated carbocycles. The number of nitrogens with one attached hydrogen (secondary N) is 1. The minimum atomic E-state index is -4.46. The van der Waals surface area contributed by atoms with Gasteiger partial charge in [-0.05, 0) is 17.7 Å². The van der Waals surface area contributed by atoms with E-state index >= 15 is 0 Å². The molecule has 0 fully saturated rings.